The van der Waals surface area contributed by atoms with Crippen molar-refractivity contribution >= 4 is 31.9 Å². The maximum atomic E-state index is 13.6. The quantitative estimate of drug-likeness (QED) is 0.596. The second-order valence-corrected chi connectivity index (χ2v) is 6.21. The van der Waals surface area contributed by atoms with E-state index in [0.717, 1.165) is 34.0 Å². The van der Waals surface area contributed by atoms with Crippen molar-refractivity contribution in [3.05, 3.63) is 65.5 Å². The zero-order valence-corrected chi connectivity index (χ0v) is 15.0. The molecule has 1 nitrogen and oxygen atoms in total. The third kappa shape index (κ3) is 3.86. The van der Waals surface area contributed by atoms with Gasteiger partial charge in [-0.05, 0) is 41.8 Å². The molecule has 0 radical (unpaired) electrons. The molecule has 0 spiro atoms. The largest absolute Gasteiger partial charge is 0.497 e. The second-order valence-electron chi connectivity index (χ2n) is 5.09. The van der Waals surface area contributed by atoms with Crippen LogP contribution in [-0.2, 0) is 11.8 Å². The van der Waals surface area contributed by atoms with Gasteiger partial charge in [-0.25, -0.2) is 4.39 Å². The van der Waals surface area contributed by atoms with E-state index < -0.39 is 0 Å². The van der Waals surface area contributed by atoms with Gasteiger partial charge in [0, 0.05) is 16.1 Å². The van der Waals surface area contributed by atoms with Gasteiger partial charge in [0.15, 0.2) is 0 Å². The molecule has 0 heterocycles. The fourth-order valence-corrected chi connectivity index (χ4v) is 4.35. The van der Waals surface area contributed by atoms with Crippen LogP contribution in [-0.4, -0.2) is 17.8 Å². The van der Waals surface area contributed by atoms with Crippen LogP contribution in [0.2, 0.25) is 0 Å². The van der Waals surface area contributed by atoms with Crippen LogP contribution in [0.3, 0.4) is 0 Å². The lowest BCUT2D eigenvalue weighted by atomic mass is 9.79. The Kier molecular flexibility index (Phi) is 5.82. The first-order valence-corrected chi connectivity index (χ1v) is 8.89. The Bertz CT molecular complexity index is 597. The highest BCUT2D eigenvalue weighted by Crippen LogP contribution is 2.34. The van der Waals surface area contributed by atoms with E-state index in [2.05, 4.69) is 37.9 Å². The summed E-state index contributed by atoms with van der Waals surface area (Å²) in [6.45, 7) is 0. The van der Waals surface area contributed by atoms with Crippen molar-refractivity contribution in [2.24, 2.45) is 0 Å². The topological polar surface area (TPSA) is 9.23 Å². The molecule has 0 aliphatic carbocycles. The molecule has 2 aromatic carbocycles. The highest BCUT2D eigenvalue weighted by molar-refractivity contribution is 9.09. The number of alkyl halides is 2. The molecular weight excluding hydrogens is 399 g/mol. The summed E-state index contributed by atoms with van der Waals surface area (Å²) in [5, 5.41) is 1.48. The van der Waals surface area contributed by atoms with Gasteiger partial charge in [0.1, 0.15) is 11.6 Å². The zero-order chi connectivity index (χ0) is 15.3. The van der Waals surface area contributed by atoms with Crippen molar-refractivity contribution in [2.75, 3.05) is 17.8 Å². The summed E-state index contributed by atoms with van der Waals surface area (Å²) in [6, 6.07) is 14.8. The summed E-state index contributed by atoms with van der Waals surface area (Å²) >= 11 is 7.21. The fraction of sp³-hybridized carbons (Fsp3) is 0.294. The summed E-state index contributed by atoms with van der Waals surface area (Å²) in [5.74, 6) is 0.634. The number of hydrogen-bond donors (Lipinski definition) is 0. The lowest BCUT2D eigenvalue weighted by molar-refractivity contribution is 0.413. The summed E-state index contributed by atoms with van der Waals surface area (Å²) in [6.07, 6.45) is 0.796. The lowest BCUT2D eigenvalue weighted by Crippen LogP contribution is -2.33. The molecule has 2 rings (SSSR count). The third-order valence-corrected chi connectivity index (χ3v) is 5.77. The molecule has 21 heavy (non-hydrogen) atoms. The molecule has 2 aromatic rings. The first kappa shape index (κ1) is 16.5. The molecule has 0 amide bonds. The minimum absolute atomic E-state index is 0.200. The Morgan fingerprint density at radius 1 is 1.05 bits per heavy atom. The van der Waals surface area contributed by atoms with Gasteiger partial charge in [-0.1, -0.05) is 56.1 Å². The van der Waals surface area contributed by atoms with Crippen LogP contribution in [0, 0.1) is 5.82 Å². The van der Waals surface area contributed by atoms with Gasteiger partial charge < -0.3 is 4.74 Å². The van der Waals surface area contributed by atoms with E-state index in [9.17, 15) is 4.39 Å². The van der Waals surface area contributed by atoms with Crippen molar-refractivity contribution in [1.29, 1.82) is 0 Å². The molecule has 0 aliphatic heterocycles. The maximum Gasteiger partial charge on any atom is 0.123 e. The SMILES string of the molecule is COc1cccc(CC(CBr)(CBr)c2cccc(F)c2)c1. The van der Waals surface area contributed by atoms with Crippen LogP contribution < -0.4 is 4.74 Å². The van der Waals surface area contributed by atoms with E-state index in [4.69, 9.17) is 4.74 Å². The average Bonchev–Trinajstić information content (AvgIpc) is 2.53. The molecule has 0 saturated heterocycles. The van der Waals surface area contributed by atoms with Gasteiger partial charge in [0.05, 0.1) is 7.11 Å². The maximum absolute atomic E-state index is 13.6. The molecule has 0 aromatic heterocycles. The molecule has 0 atom stereocenters. The highest BCUT2D eigenvalue weighted by Gasteiger charge is 2.31. The Balaban J connectivity index is 2.38. The zero-order valence-electron chi connectivity index (χ0n) is 11.8. The van der Waals surface area contributed by atoms with Crippen molar-refractivity contribution in [3.63, 3.8) is 0 Å². The lowest BCUT2D eigenvalue weighted by Gasteiger charge is -2.31. The number of halogens is 3. The smallest absolute Gasteiger partial charge is 0.123 e. The highest BCUT2D eigenvalue weighted by atomic mass is 79.9. The predicted octanol–water partition coefficient (Wildman–Crippen LogP) is 5.10. The van der Waals surface area contributed by atoms with Gasteiger partial charge in [-0.2, -0.15) is 0 Å². The van der Waals surface area contributed by atoms with E-state index >= 15 is 0 Å². The van der Waals surface area contributed by atoms with E-state index in [1.807, 2.05) is 24.3 Å². The van der Waals surface area contributed by atoms with Gasteiger partial charge in [-0.15, -0.1) is 0 Å². The molecule has 0 unspecified atom stereocenters. The monoisotopic (exact) mass is 414 g/mol. The molecular formula is C17H17Br2FO. The van der Waals surface area contributed by atoms with Crippen LogP contribution in [0.1, 0.15) is 11.1 Å². The molecule has 0 saturated carbocycles. The molecule has 4 heteroatoms. The normalized spacial score (nSPS) is 11.4. The van der Waals surface area contributed by atoms with E-state index in [-0.39, 0.29) is 11.2 Å². The first-order chi connectivity index (χ1) is 10.1. The average molecular weight is 416 g/mol. The Hall–Kier alpha value is -0.870. The molecule has 0 fully saturated rings. The van der Waals surface area contributed by atoms with Crippen LogP contribution in [0.15, 0.2) is 48.5 Å². The minimum atomic E-state index is -0.204. The van der Waals surface area contributed by atoms with E-state index in [1.54, 1.807) is 19.2 Å². The van der Waals surface area contributed by atoms with Crippen molar-refractivity contribution in [3.8, 4) is 5.75 Å². The molecule has 0 aliphatic rings. The number of ether oxygens (including phenoxy) is 1. The van der Waals surface area contributed by atoms with Crippen LogP contribution in [0.25, 0.3) is 0 Å². The van der Waals surface area contributed by atoms with Crippen LogP contribution >= 0.6 is 31.9 Å². The van der Waals surface area contributed by atoms with Crippen LogP contribution in [0.5, 0.6) is 5.75 Å². The Labute approximate surface area is 141 Å². The van der Waals surface area contributed by atoms with E-state index in [0.29, 0.717) is 0 Å². The van der Waals surface area contributed by atoms with Crippen LogP contribution in [0.4, 0.5) is 4.39 Å². The van der Waals surface area contributed by atoms with Crippen molar-refractivity contribution in [2.45, 2.75) is 11.8 Å². The number of hydrogen-bond acceptors (Lipinski definition) is 1. The molecule has 0 N–H and O–H groups in total. The summed E-state index contributed by atoms with van der Waals surface area (Å²) in [4.78, 5) is 0. The minimum Gasteiger partial charge on any atom is -0.497 e. The number of benzene rings is 2. The Morgan fingerprint density at radius 2 is 1.76 bits per heavy atom. The number of methoxy groups -OCH3 is 1. The van der Waals surface area contributed by atoms with Gasteiger partial charge in [-0.3, -0.25) is 0 Å². The van der Waals surface area contributed by atoms with Crippen molar-refractivity contribution < 1.29 is 9.13 Å². The predicted molar refractivity (Wildman–Crippen MR) is 92.4 cm³/mol. The number of rotatable bonds is 6. The summed E-state index contributed by atoms with van der Waals surface area (Å²) < 4.78 is 18.9. The Morgan fingerprint density at radius 3 is 2.38 bits per heavy atom. The van der Waals surface area contributed by atoms with Gasteiger partial charge >= 0.3 is 0 Å². The third-order valence-electron chi connectivity index (χ3n) is 3.63. The fourth-order valence-electron chi connectivity index (χ4n) is 2.38. The summed E-state index contributed by atoms with van der Waals surface area (Å²) in [5.41, 5.74) is 1.95. The van der Waals surface area contributed by atoms with E-state index in [1.165, 1.54) is 6.07 Å². The first-order valence-electron chi connectivity index (χ1n) is 6.64. The molecule has 112 valence electrons. The van der Waals surface area contributed by atoms with Crippen molar-refractivity contribution in [1.82, 2.24) is 0 Å². The second kappa shape index (κ2) is 7.41. The summed E-state index contributed by atoms with van der Waals surface area (Å²) in [7, 11) is 1.66. The van der Waals surface area contributed by atoms with Gasteiger partial charge in [0.25, 0.3) is 0 Å². The molecule has 0 bridgehead atoms. The standard InChI is InChI=1S/C17H17Br2FO/c1-21-16-7-2-4-13(8-16)10-17(11-18,12-19)14-5-3-6-15(20)9-14/h2-9H,10-12H2,1H3. The van der Waals surface area contributed by atoms with Gasteiger partial charge in [0.2, 0.25) is 0 Å².